The molecule has 2 aromatic heterocycles. The average Bonchev–Trinajstić information content (AvgIpc) is 3.66. The van der Waals surface area contributed by atoms with Gasteiger partial charge in [-0.3, -0.25) is 14.5 Å². The van der Waals surface area contributed by atoms with E-state index in [2.05, 4.69) is 26.9 Å². The molecule has 18 heteroatoms. The molecule has 1 atom stereocenters. The second-order valence-electron chi connectivity index (χ2n) is 14.0. The van der Waals surface area contributed by atoms with E-state index < -0.39 is 47.2 Å². The van der Waals surface area contributed by atoms with Crippen molar-refractivity contribution >= 4 is 40.1 Å². The number of hydrogen-bond acceptors (Lipinski definition) is 10. The lowest BCUT2D eigenvalue weighted by Crippen LogP contribution is -2.57. The number of morpholine rings is 1. The van der Waals surface area contributed by atoms with Gasteiger partial charge in [-0.2, -0.15) is 26.3 Å². The summed E-state index contributed by atoms with van der Waals surface area (Å²) in [6.07, 6.45) is -9.46. The maximum absolute atomic E-state index is 13.3. The number of pyridine rings is 1. The van der Waals surface area contributed by atoms with Crippen LogP contribution in [0, 0.1) is 0 Å². The van der Waals surface area contributed by atoms with Crippen LogP contribution in [0.4, 0.5) is 26.3 Å². The number of alkyl halides is 6. The maximum atomic E-state index is 13.3. The molecule has 1 spiro atoms. The van der Waals surface area contributed by atoms with Gasteiger partial charge in [0.25, 0.3) is 5.91 Å². The number of likely N-dealkylation sites (tertiary alicyclic amines) is 1. The zero-order valence-electron chi connectivity index (χ0n) is 30.8. The molecule has 2 N–H and O–H groups in total. The van der Waals surface area contributed by atoms with Crippen molar-refractivity contribution in [2.45, 2.75) is 63.2 Å². The number of benzene rings is 2. The van der Waals surface area contributed by atoms with Crippen LogP contribution in [-0.4, -0.2) is 96.5 Å². The minimum absolute atomic E-state index is 0.0471. The van der Waals surface area contributed by atoms with Crippen LogP contribution in [0.1, 0.15) is 57.1 Å². The molecule has 2 aliphatic rings. The first-order chi connectivity index (χ1) is 27.0. The number of aromatic amines is 1. The molecule has 2 fully saturated rings. The standard InChI is InChI=1S/C39H40F6N4O7S/c1-2-26-6-10-31(57-26)34(51)49-18-19-54-37(23-49)13-16-48(17-14-37)22-25-5-3-4-24(20-25)12-15-46-21-30(56-36(53)39(43,44)45)27-7-9-29(55-35(52)38(40,41)42)33-28(27)8-11-32(50)47-33/h3-11,20,30,46H,2,12-19,21-23H2,1H3,(H,47,50)/t30-/m0/s1. The van der Waals surface area contributed by atoms with Crippen LogP contribution in [0.5, 0.6) is 5.75 Å². The predicted octanol–water partition coefficient (Wildman–Crippen LogP) is 6.11. The number of nitrogens with one attached hydrogen (secondary N) is 2. The molecule has 0 aliphatic carbocycles. The second kappa shape index (κ2) is 17.4. The molecule has 306 valence electrons. The molecular formula is C39H40F6N4O7S. The van der Waals surface area contributed by atoms with Crippen LogP contribution in [-0.2, 0) is 38.4 Å². The smallest absolute Gasteiger partial charge is 0.449 e. The average molecular weight is 823 g/mol. The Labute approximate surface area is 326 Å². The first-order valence-corrected chi connectivity index (χ1v) is 19.1. The lowest BCUT2D eigenvalue weighted by Gasteiger charge is -2.47. The fraction of sp³-hybridized carbons (Fsp3) is 0.436. The number of fused-ring (bicyclic) bond motifs is 1. The van der Waals surface area contributed by atoms with Gasteiger partial charge in [0.15, 0.2) is 5.75 Å². The zero-order valence-corrected chi connectivity index (χ0v) is 31.6. The highest BCUT2D eigenvalue weighted by molar-refractivity contribution is 7.14. The summed E-state index contributed by atoms with van der Waals surface area (Å²) in [6.45, 7) is 5.79. The summed E-state index contributed by atoms with van der Waals surface area (Å²) in [6, 6.07) is 15.8. The third-order valence-electron chi connectivity index (χ3n) is 9.99. The Kier molecular flexibility index (Phi) is 12.8. The van der Waals surface area contributed by atoms with Gasteiger partial charge in [-0.1, -0.05) is 37.3 Å². The summed E-state index contributed by atoms with van der Waals surface area (Å²) < 4.78 is 94.2. The lowest BCUT2D eigenvalue weighted by atomic mass is 9.89. The second-order valence-corrected chi connectivity index (χ2v) is 15.1. The Bertz CT molecular complexity index is 2150. The van der Waals surface area contributed by atoms with E-state index in [1.165, 1.54) is 16.2 Å². The number of aryl methyl sites for hydroxylation is 1. The van der Waals surface area contributed by atoms with E-state index in [4.69, 9.17) is 9.47 Å². The Morgan fingerprint density at radius 3 is 2.39 bits per heavy atom. The number of esters is 2. The molecule has 0 bridgehead atoms. The minimum Gasteiger partial charge on any atom is -0.449 e. The Hall–Kier alpha value is -4.78. The van der Waals surface area contributed by atoms with Crippen LogP contribution in [0.25, 0.3) is 10.9 Å². The highest BCUT2D eigenvalue weighted by Crippen LogP contribution is 2.35. The lowest BCUT2D eigenvalue weighted by molar-refractivity contribution is -0.205. The van der Waals surface area contributed by atoms with Crippen LogP contribution in [0.3, 0.4) is 0 Å². The molecule has 2 saturated heterocycles. The molecule has 6 rings (SSSR count). The zero-order chi connectivity index (χ0) is 41.0. The van der Waals surface area contributed by atoms with Crippen molar-refractivity contribution in [2.75, 3.05) is 45.9 Å². The molecule has 2 aliphatic heterocycles. The van der Waals surface area contributed by atoms with Gasteiger partial charge < -0.3 is 29.4 Å². The van der Waals surface area contributed by atoms with Gasteiger partial charge >= 0.3 is 24.3 Å². The first-order valence-electron chi connectivity index (χ1n) is 18.3. The molecular weight excluding hydrogens is 783 g/mol. The number of ether oxygens (including phenoxy) is 3. The van der Waals surface area contributed by atoms with Crippen molar-refractivity contribution in [3.63, 3.8) is 0 Å². The van der Waals surface area contributed by atoms with Crippen molar-refractivity contribution in [2.24, 2.45) is 0 Å². The van der Waals surface area contributed by atoms with Crippen molar-refractivity contribution in [3.8, 4) is 5.75 Å². The van der Waals surface area contributed by atoms with E-state index in [0.29, 0.717) is 32.7 Å². The Morgan fingerprint density at radius 1 is 0.947 bits per heavy atom. The van der Waals surface area contributed by atoms with Crippen LogP contribution in [0.15, 0.2) is 65.5 Å². The number of carbonyl (C=O) groups excluding carboxylic acids is 3. The van der Waals surface area contributed by atoms with E-state index >= 15 is 0 Å². The van der Waals surface area contributed by atoms with E-state index in [1.807, 2.05) is 41.3 Å². The number of rotatable bonds is 12. The van der Waals surface area contributed by atoms with Crippen LogP contribution >= 0.6 is 11.3 Å². The van der Waals surface area contributed by atoms with Crippen molar-refractivity contribution in [1.82, 2.24) is 20.1 Å². The number of carbonyl (C=O) groups is 3. The molecule has 4 aromatic rings. The highest BCUT2D eigenvalue weighted by Gasteiger charge is 2.44. The van der Waals surface area contributed by atoms with Gasteiger partial charge in [0.2, 0.25) is 5.56 Å². The van der Waals surface area contributed by atoms with Gasteiger partial charge in [-0.25, -0.2) is 9.59 Å². The molecule has 0 radical (unpaired) electrons. The molecule has 57 heavy (non-hydrogen) atoms. The van der Waals surface area contributed by atoms with Crippen molar-refractivity contribution in [1.29, 1.82) is 0 Å². The summed E-state index contributed by atoms with van der Waals surface area (Å²) in [4.78, 5) is 57.2. The van der Waals surface area contributed by atoms with Crippen LogP contribution < -0.4 is 15.6 Å². The summed E-state index contributed by atoms with van der Waals surface area (Å²) in [5, 5.41) is 2.88. The summed E-state index contributed by atoms with van der Waals surface area (Å²) in [5.41, 5.74) is 0.304. The fourth-order valence-electron chi connectivity index (χ4n) is 7.07. The molecule has 0 saturated carbocycles. The van der Waals surface area contributed by atoms with E-state index in [1.54, 1.807) is 0 Å². The molecule has 0 unspecified atom stereocenters. The van der Waals surface area contributed by atoms with Gasteiger partial charge in [0, 0.05) is 54.6 Å². The molecule has 1 amide bonds. The Balaban J connectivity index is 1.06. The van der Waals surface area contributed by atoms with Crippen molar-refractivity contribution < 1.29 is 54.9 Å². The van der Waals surface area contributed by atoms with Crippen LogP contribution in [0.2, 0.25) is 0 Å². The number of H-pyrrole nitrogens is 1. The highest BCUT2D eigenvalue weighted by atomic mass is 32.1. The van der Waals surface area contributed by atoms with Crippen molar-refractivity contribution in [3.05, 3.63) is 97.5 Å². The quantitative estimate of drug-likeness (QED) is 0.0754. The number of nitrogens with zero attached hydrogens (tertiary/aromatic N) is 2. The number of thiophene rings is 1. The number of hydrogen-bond donors (Lipinski definition) is 2. The first kappa shape index (κ1) is 41.8. The topological polar surface area (TPSA) is 130 Å². The largest absolute Gasteiger partial charge is 0.491 e. The third kappa shape index (κ3) is 10.4. The summed E-state index contributed by atoms with van der Waals surface area (Å²) in [7, 11) is 0. The van der Waals surface area contributed by atoms with E-state index in [-0.39, 0.29) is 35.5 Å². The number of halogens is 6. The normalized spacial score (nSPS) is 16.8. The van der Waals surface area contributed by atoms with Gasteiger partial charge in [-0.05, 0) is 67.6 Å². The van der Waals surface area contributed by atoms with E-state index in [9.17, 15) is 45.5 Å². The third-order valence-corrected chi connectivity index (χ3v) is 11.2. The van der Waals surface area contributed by atoms with Gasteiger partial charge in [0.1, 0.15) is 6.10 Å². The summed E-state index contributed by atoms with van der Waals surface area (Å²) >= 11 is 1.54. The number of aromatic nitrogens is 1. The van der Waals surface area contributed by atoms with E-state index in [0.717, 1.165) is 72.6 Å². The van der Waals surface area contributed by atoms with Gasteiger partial charge in [0.05, 0.1) is 29.1 Å². The maximum Gasteiger partial charge on any atom is 0.491 e. The summed E-state index contributed by atoms with van der Waals surface area (Å²) in [5.74, 6) is -5.73. The molecule has 4 heterocycles. The van der Waals surface area contributed by atoms with Gasteiger partial charge in [-0.15, -0.1) is 11.3 Å². The minimum atomic E-state index is -5.37. The molecule has 11 nitrogen and oxygen atoms in total. The number of amides is 1. The fourth-order valence-corrected chi connectivity index (χ4v) is 7.98. The monoisotopic (exact) mass is 822 g/mol. The predicted molar refractivity (Wildman–Crippen MR) is 197 cm³/mol. The SMILES string of the molecule is CCc1ccc(C(=O)N2CCOC3(CCN(Cc4cccc(CCNC[C@H](OC(=O)C(F)(F)F)c5ccc(OC(=O)C(F)(F)F)c6[nH]c(=O)ccc56)c4)CC3)C2)s1. The number of piperidine rings is 1. The Morgan fingerprint density at radius 2 is 1.68 bits per heavy atom. The molecule has 2 aromatic carbocycles.